The molecule has 22 heavy (non-hydrogen) atoms. The summed E-state index contributed by atoms with van der Waals surface area (Å²) in [4.78, 5) is 0. The molecule has 1 heterocycles. The molecule has 1 N–H and O–H groups in total. The third kappa shape index (κ3) is 2.70. The highest BCUT2D eigenvalue weighted by atomic mass is 16.5. The van der Waals surface area contributed by atoms with Crippen LogP contribution in [0.15, 0.2) is 61.7 Å². The van der Waals surface area contributed by atoms with Gasteiger partial charge in [0.05, 0.1) is 0 Å². The first-order valence-electron chi connectivity index (χ1n) is 7.31. The Kier molecular flexibility index (Phi) is 4.15. The summed E-state index contributed by atoms with van der Waals surface area (Å²) in [6, 6.07) is 12.4. The van der Waals surface area contributed by atoms with Crippen LogP contribution in [-0.4, -0.2) is 13.2 Å². The molecule has 0 saturated carbocycles. The average Bonchev–Trinajstić information content (AvgIpc) is 2.57. The van der Waals surface area contributed by atoms with Crippen molar-refractivity contribution >= 4 is 5.69 Å². The van der Waals surface area contributed by atoms with E-state index < -0.39 is 0 Å². The lowest BCUT2D eigenvalue weighted by Crippen LogP contribution is -2.10. The molecule has 0 unspecified atom stereocenters. The molecule has 2 aromatic carbocycles. The maximum Gasteiger partial charge on any atom is 0.162 e. The lowest BCUT2D eigenvalue weighted by atomic mass is 9.94. The van der Waals surface area contributed by atoms with Crippen molar-refractivity contribution < 1.29 is 9.47 Å². The number of ether oxygens (including phenoxy) is 2. The van der Waals surface area contributed by atoms with E-state index in [1.807, 2.05) is 18.2 Å². The molecule has 112 valence electrons. The average molecular weight is 293 g/mol. The Labute approximate surface area is 130 Å². The minimum absolute atomic E-state index is 0.448. The van der Waals surface area contributed by atoms with Crippen molar-refractivity contribution in [3.8, 4) is 22.6 Å². The second-order valence-electron chi connectivity index (χ2n) is 5.05. The van der Waals surface area contributed by atoms with Crippen molar-refractivity contribution in [2.75, 3.05) is 18.5 Å². The first-order valence-corrected chi connectivity index (χ1v) is 7.31. The SMILES string of the molecule is C=CCOc1cc2c(cc1OCC=C)-c1ccccc1NC2. The standard InChI is InChI=1S/C19H19NO2/c1-3-9-21-18-11-14-13-20-17-8-6-5-7-15(17)16(14)12-19(18)22-10-4-2/h3-8,11-12,20H,1-2,9-10,13H2. The Morgan fingerprint density at radius 2 is 1.64 bits per heavy atom. The smallest absolute Gasteiger partial charge is 0.162 e. The van der Waals surface area contributed by atoms with E-state index in [2.05, 4.69) is 36.7 Å². The van der Waals surface area contributed by atoms with Crippen LogP contribution in [0.25, 0.3) is 11.1 Å². The third-order valence-electron chi connectivity index (χ3n) is 3.57. The molecule has 1 aliphatic rings. The van der Waals surface area contributed by atoms with Crippen LogP contribution in [0.2, 0.25) is 0 Å². The lowest BCUT2D eigenvalue weighted by molar-refractivity contribution is 0.308. The van der Waals surface area contributed by atoms with Crippen molar-refractivity contribution in [1.82, 2.24) is 0 Å². The van der Waals surface area contributed by atoms with Crippen LogP contribution in [-0.2, 0) is 6.54 Å². The van der Waals surface area contributed by atoms with E-state index in [0.29, 0.717) is 13.2 Å². The Morgan fingerprint density at radius 1 is 0.955 bits per heavy atom. The summed E-state index contributed by atoms with van der Waals surface area (Å²) >= 11 is 0. The highest BCUT2D eigenvalue weighted by Crippen LogP contribution is 2.41. The molecule has 1 aliphatic heterocycles. The van der Waals surface area contributed by atoms with Gasteiger partial charge >= 0.3 is 0 Å². The van der Waals surface area contributed by atoms with Gasteiger partial charge in [0.15, 0.2) is 11.5 Å². The predicted octanol–water partition coefficient (Wildman–Crippen LogP) is 4.41. The van der Waals surface area contributed by atoms with Gasteiger partial charge in [0, 0.05) is 17.8 Å². The summed E-state index contributed by atoms with van der Waals surface area (Å²) in [6.07, 6.45) is 3.45. The third-order valence-corrected chi connectivity index (χ3v) is 3.57. The number of hydrogen-bond donors (Lipinski definition) is 1. The van der Waals surface area contributed by atoms with E-state index >= 15 is 0 Å². The maximum atomic E-state index is 5.77. The van der Waals surface area contributed by atoms with Gasteiger partial charge in [0.2, 0.25) is 0 Å². The molecular weight excluding hydrogens is 274 g/mol. The normalized spacial score (nSPS) is 11.6. The molecule has 0 atom stereocenters. The zero-order chi connectivity index (χ0) is 15.4. The molecule has 0 saturated heterocycles. The number of benzene rings is 2. The van der Waals surface area contributed by atoms with Crippen LogP contribution in [0, 0.1) is 0 Å². The van der Waals surface area contributed by atoms with Gasteiger partial charge < -0.3 is 14.8 Å². The van der Waals surface area contributed by atoms with Gasteiger partial charge in [-0.05, 0) is 29.3 Å². The lowest BCUT2D eigenvalue weighted by Gasteiger charge is -2.23. The maximum absolute atomic E-state index is 5.77. The van der Waals surface area contributed by atoms with E-state index in [1.165, 1.54) is 16.7 Å². The first-order chi connectivity index (χ1) is 10.8. The molecule has 0 bridgehead atoms. The van der Waals surface area contributed by atoms with Crippen molar-refractivity contribution in [1.29, 1.82) is 0 Å². The zero-order valence-electron chi connectivity index (χ0n) is 12.5. The molecule has 3 nitrogen and oxygen atoms in total. The molecule has 0 fully saturated rings. The molecular formula is C19H19NO2. The largest absolute Gasteiger partial charge is 0.486 e. The molecule has 0 amide bonds. The van der Waals surface area contributed by atoms with Gasteiger partial charge in [-0.15, -0.1) is 0 Å². The summed E-state index contributed by atoms with van der Waals surface area (Å²) in [7, 11) is 0. The number of nitrogens with one attached hydrogen (secondary N) is 1. The van der Waals surface area contributed by atoms with Gasteiger partial charge in [-0.1, -0.05) is 43.5 Å². The molecule has 0 aromatic heterocycles. The van der Waals surface area contributed by atoms with Crippen LogP contribution in [0.4, 0.5) is 5.69 Å². The molecule has 0 radical (unpaired) electrons. The number of hydrogen-bond acceptors (Lipinski definition) is 3. The van der Waals surface area contributed by atoms with Crippen LogP contribution in [0.3, 0.4) is 0 Å². The van der Waals surface area contributed by atoms with Crippen molar-refractivity contribution in [3.63, 3.8) is 0 Å². The fraction of sp³-hybridized carbons (Fsp3) is 0.158. The Bertz CT molecular complexity index is 707. The van der Waals surface area contributed by atoms with E-state index in [9.17, 15) is 0 Å². The molecule has 3 heteroatoms. The Morgan fingerprint density at radius 3 is 2.36 bits per heavy atom. The minimum atomic E-state index is 0.448. The molecule has 2 aromatic rings. The van der Waals surface area contributed by atoms with E-state index in [1.54, 1.807) is 12.2 Å². The number of anilines is 1. The predicted molar refractivity (Wildman–Crippen MR) is 90.6 cm³/mol. The Balaban J connectivity index is 2.05. The highest BCUT2D eigenvalue weighted by Gasteiger charge is 2.19. The summed E-state index contributed by atoms with van der Waals surface area (Å²) < 4.78 is 11.5. The Hall–Kier alpha value is -2.68. The van der Waals surface area contributed by atoms with Crippen molar-refractivity contribution in [2.24, 2.45) is 0 Å². The van der Waals surface area contributed by atoms with Gasteiger partial charge in [-0.3, -0.25) is 0 Å². The molecule has 0 spiro atoms. The summed E-state index contributed by atoms with van der Waals surface area (Å²) in [5.41, 5.74) is 4.70. The second kappa shape index (κ2) is 6.39. The zero-order valence-corrected chi connectivity index (χ0v) is 12.5. The van der Waals surface area contributed by atoms with E-state index in [-0.39, 0.29) is 0 Å². The van der Waals surface area contributed by atoms with Crippen LogP contribution < -0.4 is 14.8 Å². The monoisotopic (exact) mass is 293 g/mol. The molecule has 0 aliphatic carbocycles. The van der Waals surface area contributed by atoms with Gasteiger partial charge in [-0.25, -0.2) is 0 Å². The van der Waals surface area contributed by atoms with Crippen LogP contribution in [0.1, 0.15) is 5.56 Å². The number of fused-ring (bicyclic) bond motifs is 3. The van der Waals surface area contributed by atoms with Crippen LogP contribution in [0.5, 0.6) is 11.5 Å². The number of rotatable bonds is 6. The van der Waals surface area contributed by atoms with Crippen molar-refractivity contribution in [3.05, 3.63) is 67.3 Å². The highest BCUT2D eigenvalue weighted by molar-refractivity contribution is 5.84. The fourth-order valence-corrected chi connectivity index (χ4v) is 2.58. The van der Waals surface area contributed by atoms with E-state index in [4.69, 9.17) is 9.47 Å². The van der Waals surface area contributed by atoms with Crippen LogP contribution >= 0.6 is 0 Å². The quantitative estimate of drug-likeness (QED) is 0.800. The summed E-state index contributed by atoms with van der Waals surface area (Å²) in [5.74, 6) is 1.47. The molecule has 3 rings (SSSR count). The summed E-state index contributed by atoms with van der Waals surface area (Å²) in [5, 5.41) is 3.43. The van der Waals surface area contributed by atoms with Gasteiger partial charge in [0.25, 0.3) is 0 Å². The van der Waals surface area contributed by atoms with Gasteiger partial charge in [-0.2, -0.15) is 0 Å². The number of para-hydroxylation sites is 1. The fourth-order valence-electron chi connectivity index (χ4n) is 2.58. The topological polar surface area (TPSA) is 30.5 Å². The first kappa shape index (κ1) is 14.3. The second-order valence-corrected chi connectivity index (χ2v) is 5.05. The van der Waals surface area contributed by atoms with E-state index in [0.717, 1.165) is 23.7 Å². The summed E-state index contributed by atoms with van der Waals surface area (Å²) in [6.45, 7) is 9.07. The van der Waals surface area contributed by atoms with Crippen molar-refractivity contribution in [2.45, 2.75) is 6.54 Å². The van der Waals surface area contributed by atoms with Gasteiger partial charge in [0.1, 0.15) is 13.2 Å². The minimum Gasteiger partial charge on any atom is -0.486 e.